The standard InChI is InChI=1S/C36H48O/c37-33-31(35-15-24-4-25(16-35)6-26(5-24)17-35)10-30(34-12-21-1-22(13-34)3-23(2-21)14-34)11-32(33)36-18-27-7-28(19-36)9-29(8-27)20-36/h10-11,21-29,37H,1-9,12-20H2. The van der Waals surface area contributed by atoms with Crippen LogP contribution in [0.4, 0.5) is 0 Å². The van der Waals surface area contributed by atoms with Gasteiger partial charge in [-0.2, -0.15) is 0 Å². The Bertz CT molecular complexity index is 984. The lowest BCUT2D eigenvalue weighted by Crippen LogP contribution is -2.51. The number of phenols is 1. The van der Waals surface area contributed by atoms with Gasteiger partial charge in [-0.3, -0.25) is 0 Å². The molecule has 1 nitrogen and oxygen atoms in total. The van der Waals surface area contributed by atoms with Crippen molar-refractivity contribution >= 4 is 0 Å². The van der Waals surface area contributed by atoms with Gasteiger partial charge in [-0.25, -0.2) is 0 Å². The van der Waals surface area contributed by atoms with Crippen molar-refractivity contribution < 1.29 is 5.11 Å². The molecule has 12 bridgehead atoms. The van der Waals surface area contributed by atoms with Crippen LogP contribution in [-0.2, 0) is 16.2 Å². The molecule has 0 amide bonds. The second-order valence-electron chi connectivity index (χ2n) is 17.5. The van der Waals surface area contributed by atoms with E-state index in [-0.39, 0.29) is 0 Å². The Kier molecular flexibility index (Phi) is 4.13. The summed E-state index contributed by atoms with van der Waals surface area (Å²) in [4.78, 5) is 0. The molecule has 0 spiro atoms. The van der Waals surface area contributed by atoms with E-state index in [9.17, 15) is 5.11 Å². The summed E-state index contributed by atoms with van der Waals surface area (Å²) in [5.41, 5.74) is 5.76. The van der Waals surface area contributed by atoms with Crippen molar-refractivity contribution in [2.75, 3.05) is 0 Å². The Morgan fingerprint density at radius 1 is 0.405 bits per heavy atom. The first-order chi connectivity index (χ1) is 17.9. The molecule has 0 aliphatic heterocycles. The van der Waals surface area contributed by atoms with Crippen LogP contribution in [0.2, 0.25) is 0 Å². The maximum Gasteiger partial charge on any atom is 0.123 e. The van der Waals surface area contributed by atoms with Gasteiger partial charge in [-0.1, -0.05) is 12.1 Å². The zero-order valence-corrected chi connectivity index (χ0v) is 23.0. The van der Waals surface area contributed by atoms with Crippen LogP contribution in [0, 0.1) is 53.3 Å². The maximum atomic E-state index is 12.5. The van der Waals surface area contributed by atoms with Crippen molar-refractivity contribution in [1.29, 1.82) is 0 Å². The van der Waals surface area contributed by atoms with Gasteiger partial charge >= 0.3 is 0 Å². The molecule has 198 valence electrons. The predicted molar refractivity (Wildman–Crippen MR) is 148 cm³/mol. The minimum Gasteiger partial charge on any atom is -0.507 e. The summed E-state index contributed by atoms with van der Waals surface area (Å²) < 4.78 is 0. The molecule has 1 aromatic carbocycles. The Balaban J connectivity index is 1.17. The lowest BCUT2D eigenvalue weighted by atomic mass is 9.45. The van der Waals surface area contributed by atoms with E-state index in [0.29, 0.717) is 16.2 Å². The molecule has 0 radical (unpaired) electrons. The first-order valence-electron chi connectivity index (χ1n) is 16.8. The number of hydrogen-bond acceptors (Lipinski definition) is 1. The summed E-state index contributed by atoms with van der Waals surface area (Å²) in [6, 6.07) is 5.42. The lowest BCUT2D eigenvalue weighted by Gasteiger charge is -2.60. The predicted octanol–water partition coefficient (Wildman–Crippen LogP) is 8.80. The zero-order chi connectivity index (χ0) is 24.1. The quantitative estimate of drug-likeness (QED) is 0.443. The van der Waals surface area contributed by atoms with Crippen LogP contribution in [-0.4, -0.2) is 5.11 Å². The van der Waals surface area contributed by atoms with Crippen molar-refractivity contribution in [3.05, 3.63) is 28.8 Å². The van der Waals surface area contributed by atoms with E-state index in [1.54, 1.807) is 5.56 Å². The average Bonchev–Trinajstić information content (AvgIpc) is 2.81. The number of rotatable bonds is 3. The van der Waals surface area contributed by atoms with Crippen LogP contribution >= 0.6 is 0 Å². The van der Waals surface area contributed by atoms with E-state index < -0.39 is 0 Å². The summed E-state index contributed by atoms with van der Waals surface area (Å²) in [5, 5.41) is 12.5. The SMILES string of the molecule is Oc1c(C23CC4CC(CC(C4)C2)C3)cc(C23CC4CC(CC(C4)C2)C3)cc1C12CC3CC(CC(C3)C1)C2. The minimum absolute atomic E-state index is 0.300. The third-order valence-electron chi connectivity index (χ3n) is 15.0. The highest BCUT2D eigenvalue weighted by molar-refractivity contribution is 5.54. The van der Waals surface area contributed by atoms with Crippen molar-refractivity contribution in [2.24, 2.45) is 53.3 Å². The maximum absolute atomic E-state index is 12.5. The number of aromatic hydroxyl groups is 1. The highest BCUT2D eigenvalue weighted by Gasteiger charge is 2.57. The molecule has 0 atom stereocenters. The van der Waals surface area contributed by atoms with Crippen LogP contribution in [0.1, 0.15) is 132 Å². The van der Waals surface area contributed by atoms with Gasteiger partial charge < -0.3 is 5.11 Å². The molecule has 0 unspecified atom stereocenters. The molecule has 1 N–H and O–H groups in total. The zero-order valence-electron chi connectivity index (χ0n) is 23.0. The summed E-state index contributed by atoms with van der Waals surface area (Å²) >= 11 is 0. The molecule has 12 fully saturated rings. The summed E-state index contributed by atoms with van der Waals surface area (Å²) in [7, 11) is 0. The molecule has 12 aliphatic rings. The van der Waals surface area contributed by atoms with Gasteiger partial charge in [0, 0.05) is 11.1 Å². The lowest BCUT2D eigenvalue weighted by molar-refractivity contribution is -0.0130. The molecule has 1 aromatic rings. The largest absolute Gasteiger partial charge is 0.507 e. The second kappa shape index (κ2) is 7.01. The van der Waals surface area contributed by atoms with Crippen molar-refractivity contribution in [3.8, 4) is 5.75 Å². The fraction of sp³-hybridized carbons (Fsp3) is 0.833. The van der Waals surface area contributed by atoms with Gasteiger partial charge in [0.05, 0.1) is 0 Å². The summed E-state index contributed by atoms with van der Waals surface area (Å²) in [5.74, 6) is 9.46. The molecular weight excluding hydrogens is 448 g/mol. The minimum atomic E-state index is 0.300. The van der Waals surface area contributed by atoms with Crippen molar-refractivity contribution in [1.82, 2.24) is 0 Å². The number of hydrogen-bond donors (Lipinski definition) is 1. The van der Waals surface area contributed by atoms with E-state index in [4.69, 9.17) is 0 Å². The topological polar surface area (TPSA) is 20.2 Å². The normalized spacial score (nSPS) is 55.9. The van der Waals surface area contributed by atoms with E-state index in [1.165, 1.54) is 127 Å². The third-order valence-corrected chi connectivity index (χ3v) is 15.0. The highest BCUT2D eigenvalue weighted by Crippen LogP contribution is 2.67. The van der Waals surface area contributed by atoms with Crippen molar-refractivity contribution in [3.63, 3.8) is 0 Å². The molecule has 0 heterocycles. The van der Waals surface area contributed by atoms with E-state index in [0.717, 1.165) is 59.0 Å². The fourth-order valence-corrected chi connectivity index (χ4v) is 15.1. The Morgan fingerprint density at radius 2 is 0.649 bits per heavy atom. The molecule has 37 heavy (non-hydrogen) atoms. The molecule has 12 aliphatic carbocycles. The molecular formula is C36H48O. The van der Waals surface area contributed by atoms with Gasteiger partial charge in [0.15, 0.2) is 0 Å². The van der Waals surface area contributed by atoms with Gasteiger partial charge in [-0.05, 0) is 191 Å². The molecule has 13 rings (SSSR count). The van der Waals surface area contributed by atoms with E-state index >= 15 is 0 Å². The fourth-order valence-electron chi connectivity index (χ4n) is 15.1. The van der Waals surface area contributed by atoms with Gasteiger partial charge in [0.25, 0.3) is 0 Å². The second-order valence-corrected chi connectivity index (χ2v) is 17.5. The Morgan fingerprint density at radius 3 is 0.919 bits per heavy atom. The monoisotopic (exact) mass is 496 g/mol. The van der Waals surface area contributed by atoms with E-state index in [2.05, 4.69) is 12.1 Å². The highest BCUT2D eigenvalue weighted by atomic mass is 16.3. The van der Waals surface area contributed by atoms with Gasteiger partial charge in [0.2, 0.25) is 0 Å². The molecule has 0 saturated heterocycles. The van der Waals surface area contributed by atoms with Gasteiger partial charge in [0.1, 0.15) is 5.75 Å². The van der Waals surface area contributed by atoms with Crippen molar-refractivity contribution in [2.45, 2.75) is 132 Å². The first kappa shape index (κ1) is 21.8. The Labute approximate surface area is 224 Å². The van der Waals surface area contributed by atoms with Crippen LogP contribution in [0.5, 0.6) is 5.75 Å². The third kappa shape index (κ3) is 2.94. The smallest absolute Gasteiger partial charge is 0.123 e. The molecule has 0 aromatic heterocycles. The first-order valence-corrected chi connectivity index (χ1v) is 16.8. The van der Waals surface area contributed by atoms with Crippen LogP contribution < -0.4 is 0 Å². The number of benzene rings is 1. The number of phenolic OH excluding ortho intramolecular Hbond substituents is 1. The summed E-state index contributed by atoms with van der Waals surface area (Å²) in [6.45, 7) is 0. The average molecular weight is 497 g/mol. The van der Waals surface area contributed by atoms with Crippen LogP contribution in [0.25, 0.3) is 0 Å². The van der Waals surface area contributed by atoms with E-state index in [1.807, 2.05) is 0 Å². The Hall–Kier alpha value is -0.980. The molecule has 1 heteroatoms. The molecule has 12 saturated carbocycles. The van der Waals surface area contributed by atoms with Gasteiger partial charge in [-0.15, -0.1) is 0 Å². The van der Waals surface area contributed by atoms with Crippen LogP contribution in [0.15, 0.2) is 12.1 Å². The van der Waals surface area contributed by atoms with Crippen LogP contribution in [0.3, 0.4) is 0 Å². The summed E-state index contributed by atoms with van der Waals surface area (Å²) in [6.07, 6.45) is 26.3.